The van der Waals surface area contributed by atoms with Crippen LogP contribution in [0.3, 0.4) is 0 Å². The van der Waals surface area contributed by atoms with Gasteiger partial charge in [-0.25, -0.2) is 0 Å². The zero-order valence-corrected chi connectivity index (χ0v) is 8.51. The molecule has 2 nitrogen and oxygen atoms in total. The molecule has 76 valence electrons. The molecule has 0 aliphatic heterocycles. The molecule has 0 unspecified atom stereocenters. The Labute approximate surface area is 89.8 Å². The van der Waals surface area contributed by atoms with Crippen molar-refractivity contribution in [3.63, 3.8) is 0 Å². The van der Waals surface area contributed by atoms with Crippen molar-refractivity contribution < 1.29 is 0 Å². The van der Waals surface area contributed by atoms with Crippen LogP contribution < -0.4 is 5.73 Å². The van der Waals surface area contributed by atoms with Crippen LogP contribution in [0.4, 0.5) is 0 Å². The molecule has 0 radical (unpaired) electrons. The van der Waals surface area contributed by atoms with E-state index < -0.39 is 0 Å². The first kappa shape index (κ1) is 9.87. The summed E-state index contributed by atoms with van der Waals surface area (Å²) in [5.74, 6) is 0. The van der Waals surface area contributed by atoms with Gasteiger partial charge in [0, 0.05) is 18.4 Å². The number of nitrogens with two attached hydrogens (primary N) is 1. The van der Waals surface area contributed by atoms with Crippen LogP contribution in [-0.4, -0.2) is 4.98 Å². The number of rotatable bonds is 3. The highest BCUT2D eigenvalue weighted by atomic mass is 14.6. The first-order valence-corrected chi connectivity index (χ1v) is 5.05. The van der Waals surface area contributed by atoms with Gasteiger partial charge in [-0.1, -0.05) is 30.3 Å². The molecule has 0 spiro atoms. The van der Waals surface area contributed by atoms with Crippen molar-refractivity contribution in [3.8, 4) is 0 Å². The lowest BCUT2D eigenvalue weighted by Gasteiger charge is -2.11. The monoisotopic (exact) mass is 198 g/mol. The van der Waals surface area contributed by atoms with Gasteiger partial charge < -0.3 is 5.73 Å². The van der Waals surface area contributed by atoms with Gasteiger partial charge in [0.15, 0.2) is 0 Å². The molecule has 0 saturated carbocycles. The number of pyridine rings is 1. The van der Waals surface area contributed by atoms with Crippen LogP contribution in [0.25, 0.3) is 0 Å². The highest BCUT2D eigenvalue weighted by molar-refractivity contribution is 5.21. The molecular formula is C13H14N2. The van der Waals surface area contributed by atoms with E-state index >= 15 is 0 Å². The fourth-order valence-corrected chi connectivity index (χ4v) is 1.60. The third-order valence-electron chi connectivity index (χ3n) is 2.43. The second-order valence-corrected chi connectivity index (χ2v) is 3.58. The minimum atomic E-state index is 0.0513. The summed E-state index contributed by atoms with van der Waals surface area (Å²) in [7, 11) is 0. The van der Waals surface area contributed by atoms with Gasteiger partial charge >= 0.3 is 0 Å². The van der Waals surface area contributed by atoms with Crippen LogP contribution in [-0.2, 0) is 6.42 Å². The number of benzene rings is 1. The minimum absolute atomic E-state index is 0.0513. The maximum Gasteiger partial charge on any atom is 0.0336 e. The van der Waals surface area contributed by atoms with E-state index in [9.17, 15) is 0 Å². The highest BCUT2D eigenvalue weighted by Crippen LogP contribution is 2.14. The largest absolute Gasteiger partial charge is 0.324 e. The minimum Gasteiger partial charge on any atom is -0.324 e. The van der Waals surface area contributed by atoms with Gasteiger partial charge in [-0.05, 0) is 29.7 Å². The molecule has 1 atom stereocenters. The number of nitrogens with zero attached hydrogens (tertiary/aromatic N) is 1. The van der Waals surface area contributed by atoms with Gasteiger partial charge in [0.05, 0.1) is 0 Å². The van der Waals surface area contributed by atoms with E-state index in [4.69, 9.17) is 5.73 Å². The Morgan fingerprint density at radius 3 is 2.33 bits per heavy atom. The zero-order chi connectivity index (χ0) is 10.5. The van der Waals surface area contributed by atoms with Crippen LogP contribution in [0.2, 0.25) is 0 Å². The quantitative estimate of drug-likeness (QED) is 0.822. The van der Waals surface area contributed by atoms with Crippen molar-refractivity contribution >= 4 is 0 Å². The fraction of sp³-hybridized carbons (Fsp3) is 0.154. The maximum atomic E-state index is 6.10. The normalized spacial score (nSPS) is 12.3. The van der Waals surface area contributed by atoms with E-state index in [2.05, 4.69) is 17.1 Å². The molecule has 2 rings (SSSR count). The van der Waals surface area contributed by atoms with E-state index in [0.29, 0.717) is 0 Å². The molecule has 1 aromatic heterocycles. The van der Waals surface area contributed by atoms with Crippen molar-refractivity contribution in [2.45, 2.75) is 12.5 Å². The lowest BCUT2D eigenvalue weighted by atomic mass is 10.0. The predicted octanol–water partition coefficient (Wildman–Crippen LogP) is 2.32. The molecule has 0 aliphatic carbocycles. The second kappa shape index (κ2) is 4.71. The summed E-state index contributed by atoms with van der Waals surface area (Å²) >= 11 is 0. The maximum absolute atomic E-state index is 6.10. The van der Waals surface area contributed by atoms with Gasteiger partial charge in [0.2, 0.25) is 0 Å². The van der Waals surface area contributed by atoms with Crippen LogP contribution in [0.5, 0.6) is 0 Å². The van der Waals surface area contributed by atoms with Crippen LogP contribution in [0.1, 0.15) is 17.2 Å². The number of hydrogen-bond acceptors (Lipinski definition) is 2. The topological polar surface area (TPSA) is 38.9 Å². The van der Waals surface area contributed by atoms with Gasteiger partial charge in [-0.15, -0.1) is 0 Å². The summed E-state index contributed by atoms with van der Waals surface area (Å²) in [4.78, 5) is 3.98. The van der Waals surface area contributed by atoms with Crippen LogP contribution in [0, 0.1) is 0 Å². The molecule has 15 heavy (non-hydrogen) atoms. The van der Waals surface area contributed by atoms with E-state index in [-0.39, 0.29) is 6.04 Å². The Balaban J connectivity index is 2.08. The first-order valence-electron chi connectivity index (χ1n) is 5.05. The molecule has 2 N–H and O–H groups in total. The molecule has 2 aromatic rings. The number of aromatic nitrogens is 1. The smallest absolute Gasteiger partial charge is 0.0336 e. The third-order valence-corrected chi connectivity index (χ3v) is 2.43. The molecule has 0 bridgehead atoms. The van der Waals surface area contributed by atoms with Gasteiger partial charge in [-0.2, -0.15) is 0 Å². The molecule has 0 fully saturated rings. The van der Waals surface area contributed by atoms with Crippen molar-refractivity contribution in [3.05, 3.63) is 66.0 Å². The average Bonchev–Trinajstić information content (AvgIpc) is 2.31. The van der Waals surface area contributed by atoms with Crippen molar-refractivity contribution in [1.82, 2.24) is 4.98 Å². The molecule has 0 saturated heterocycles. The van der Waals surface area contributed by atoms with Crippen molar-refractivity contribution in [2.24, 2.45) is 5.73 Å². The Morgan fingerprint density at radius 2 is 1.67 bits per heavy atom. The van der Waals surface area contributed by atoms with Gasteiger partial charge in [0.1, 0.15) is 0 Å². The molecule has 0 amide bonds. The summed E-state index contributed by atoms with van der Waals surface area (Å²) in [5, 5.41) is 0. The van der Waals surface area contributed by atoms with Crippen molar-refractivity contribution in [1.29, 1.82) is 0 Å². The average molecular weight is 198 g/mol. The zero-order valence-electron chi connectivity index (χ0n) is 8.51. The Hall–Kier alpha value is -1.67. The lowest BCUT2D eigenvalue weighted by Crippen LogP contribution is -2.13. The first-order chi connectivity index (χ1) is 7.36. The predicted molar refractivity (Wildman–Crippen MR) is 61.3 cm³/mol. The Kier molecular flexibility index (Phi) is 3.10. The standard InChI is InChI=1S/C13H14N2/c14-13(12-6-8-15-9-7-12)10-11-4-2-1-3-5-11/h1-9,13H,10,14H2/t13-/m1/s1. The molecule has 2 heteroatoms. The van der Waals surface area contributed by atoms with E-state index in [1.165, 1.54) is 5.56 Å². The summed E-state index contributed by atoms with van der Waals surface area (Å²) in [6, 6.07) is 14.3. The molecule has 1 aromatic carbocycles. The van der Waals surface area contributed by atoms with Gasteiger partial charge in [0.25, 0.3) is 0 Å². The summed E-state index contributed by atoms with van der Waals surface area (Å²) in [6.45, 7) is 0. The SMILES string of the molecule is N[C@H](Cc1ccccc1)c1ccncc1. The Morgan fingerprint density at radius 1 is 1.00 bits per heavy atom. The fourth-order valence-electron chi connectivity index (χ4n) is 1.60. The second-order valence-electron chi connectivity index (χ2n) is 3.58. The molecular weight excluding hydrogens is 184 g/mol. The van der Waals surface area contributed by atoms with E-state index in [0.717, 1.165) is 12.0 Å². The van der Waals surface area contributed by atoms with E-state index in [1.54, 1.807) is 12.4 Å². The summed E-state index contributed by atoms with van der Waals surface area (Å²) in [6.07, 6.45) is 4.42. The van der Waals surface area contributed by atoms with Crippen molar-refractivity contribution in [2.75, 3.05) is 0 Å². The summed E-state index contributed by atoms with van der Waals surface area (Å²) in [5.41, 5.74) is 8.50. The van der Waals surface area contributed by atoms with Gasteiger partial charge in [-0.3, -0.25) is 4.98 Å². The number of hydrogen-bond donors (Lipinski definition) is 1. The molecule has 1 heterocycles. The highest BCUT2D eigenvalue weighted by Gasteiger charge is 2.05. The Bertz CT molecular complexity index is 397. The molecule has 0 aliphatic rings. The lowest BCUT2D eigenvalue weighted by molar-refractivity contribution is 0.720. The summed E-state index contributed by atoms with van der Waals surface area (Å²) < 4.78 is 0. The van der Waals surface area contributed by atoms with E-state index in [1.807, 2.05) is 30.3 Å². The van der Waals surface area contributed by atoms with Crippen LogP contribution >= 0.6 is 0 Å². The van der Waals surface area contributed by atoms with Crippen LogP contribution in [0.15, 0.2) is 54.9 Å². The third kappa shape index (κ3) is 2.64.